The molecule has 8 nitrogen and oxygen atoms in total. The Hall–Kier alpha value is -1.93. The molecule has 0 saturated heterocycles. The zero-order valence-corrected chi connectivity index (χ0v) is 18.7. The second kappa shape index (κ2) is 17.9. The number of aliphatic hydroxyl groups excluding tert-OH is 1. The number of rotatable bonds is 18. The quantitative estimate of drug-likeness (QED) is 0.151. The molecule has 0 aliphatic carbocycles. The zero-order valence-electron chi connectivity index (χ0n) is 18.7. The van der Waals surface area contributed by atoms with Gasteiger partial charge in [0, 0.05) is 12.2 Å². The molecule has 0 aliphatic rings. The van der Waals surface area contributed by atoms with Crippen molar-refractivity contribution < 1.29 is 38.4 Å². The number of unbranched alkanes of at least 4 members (excludes halogenated alkanes) is 5. The molecule has 0 bridgehead atoms. The van der Waals surface area contributed by atoms with E-state index < -0.39 is 30.5 Å². The second-order valence-electron chi connectivity index (χ2n) is 7.15. The van der Waals surface area contributed by atoms with E-state index in [4.69, 9.17) is 18.9 Å². The van der Waals surface area contributed by atoms with E-state index in [1.807, 2.05) is 6.92 Å². The summed E-state index contributed by atoms with van der Waals surface area (Å²) in [7, 11) is 0. The fourth-order valence-electron chi connectivity index (χ4n) is 2.34. The Balaban J connectivity index is 4.44. The lowest BCUT2D eigenvalue weighted by Gasteiger charge is -2.21. The van der Waals surface area contributed by atoms with Crippen LogP contribution in [0.5, 0.6) is 0 Å². The molecule has 2 unspecified atom stereocenters. The van der Waals surface area contributed by atoms with Gasteiger partial charge >= 0.3 is 17.9 Å². The van der Waals surface area contributed by atoms with Gasteiger partial charge in [-0.1, -0.05) is 52.5 Å². The lowest BCUT2D eigenvalue weighted by Crippen LogP contribution is -2.30. The van der Waals surface area contributed by atoms with Gasteiger partial charge in [-0.15, -0.1) is 0 Å². The molecule has 0 spiro atoms. The number of ether oxygens (including phenoxy) is 4. The van der Waals surface area contributed by atoms with Gasteiger partial charge in [0.05, 0.1) is 25.9 Å². The number of esters is 3. The SMILES string of the molecule is C=C(C)C(=O)OC(CC(O)OCCCCCC)OC(=O)CCC(=O)OCCCCC. The number of carbonyl (C=O) groups excluding carboxylic acids is 3. The highest BCUT2D eigenvalue weighted by Crippen LogP contribution is 2.12. The summed E-state index contributed by atoms with van der Waals surface area (Å²) in [5, 5.41) is 10.00. The van der Waals surface area contributed by atoms with E-state index in [9.17, 15) is 19.5 Å². The van der Waals surface area contributed by atoms with Crippen LogP contribution in [0.3, 0.4) is 0 Å². The molecule has 1 N–H and O–H groups in total. The molecular weight excluding hydrogens is 392 g/mol. The van der Waals surface area contributed by atoms with E-state index >= 15 is 0 Å². The smallest absolute Gasteiger partial charge is 0.336 e. The van der Waals surface area contributed by atoms with Crippen molar-refractivity contribution in [1.82, 2.24) is 0 Å². The van der Waals surface area contributed by atoms with Crippen molar-refractivity contribution in [2.75, 3.05) is 13.2 Å². The van der Waals surface area contributed by atoms with Crippen LogP contribution in [0.4, 0.5) is 0 Å². The molecule has 30 heavy (non-hydrogen) atoms. The molecule has 8 heteroatoms. The maximum Gasteiger partial charge on any atom is 0.336 e. The molecule has 0 radical (unpaired) electrons. The van der Waals surface area contributed by atoms with Gasteiger partial charge in [0.25, 0.3) is 6.29 Å². The van der Waals surface area contributed by atoms with Crippen LogP contribution in [0.25, 0.3) is 0 Å². The average molecular weight is 431 g/mol. The van der Waals surface area contributed by atoms with Crippen LogP contribution in [0.2, 0.25) is 0 Å². The van der Waals surface area contributed by atoms with Gasteiger partial charge in [0.2, 0.25) is 0 Å². The standard InChI is InChI=1S/C22H38O8/c1-5-7-9-11-15-28-20(25)16-21(30-22(26)17(3)4)29-19(24)13-12-18(23)27-14-10-8-6-2/h20-21,25H,3,5-16H2,1-2,4H3. The van der Waals surface area contributed by atoms with E-state index in [-0.39, 0.29) is 24.8 Å². The summed E-state index contributed by atoms with van der Waals surface area (Å²) in [6, 6.07) is 0. The Morgan fingerprint density at radius 1 is 0.867 bits per heavy atom. The van der Waals surface area contributed by atoms with Crippen LogP contribution in [0.1, 0.15) is 85.0 Å². The van der Waals surface area contributed by atoms with Crippen LogP contribution >= 0.6 is 0 Å². The van der Waals surface area contributed by atoms with E-state index in [2.05, 4.69) is 13.5 Å². The molecule has 0 aromatic carbocycles. The Labute approximate surface area is 179 Å². The number of aliphatic hydroxyl groups is 1. The highest BCUT2D eigenvalue weighted by Gasteiger charge is 2.24. The van der Waals surface area contributed by atoms with Gasteiger partial charge in [-0.25, -0.2) is 4.79 Å². The highest BCUT2D eigenvalue weighted by atomic mass is 16.7. The highest BCUT2D eigenvalue weighted by molar-refractivity contribution is 5.87. The molecule has 0 heterocycles. The van der Waals surface area contributed by atoms with Crippen molar-refractivity contribution in [3.05, 3.63) is 12.2 Å². The maximum absolute atomic E-state index is 12.0. The van der Waals surface area contributed by atoms with Crippen LogP contribution in [0.15, 0.2) is 12.2 Å². The first kappa shape index (κ1) is 28.1. The monoisotopic (exact) mass is 430 g/mol. The molecular formula is C22H38O8. The summed E-state index contributed by atoms with van der Waals surface area (Å²) in [5.74, 6) is -1.98. The van der Waals surface area contributed by atoms with Gasteiger partial charge in [0.1, 0.15) is 0 Å². The fraction of sp³-hybridized carbons (Fsp3) is 0.773. The third-order valence-corrected chi connectivity index (χ3v) is 4.10. The summed E-state index contributed by atoms with van der Waals surface area (Å²) in [4.78, 5) is 35.5. The summed E-state index contributed by atoms with van der Waals surface area (Å²) in [6.07, 6.45) is 3.52. The minimum Gasteiger partial charge on any atom is -0.466 e. The molecule has 0 rings (SSSR count). The van der Waals surface area contributed by atoms with Crippen molar-refractivity contribution in [3.63, 3.8) is 0 Å². The van der Waals surface area contributed by atoms with Crippen molar-refractivity contribution in [1.29, 1.82) is 0 Å². The normalized spacial score (nSPS) is 12.7. The molecule has 0 saturated carbocycles. The molecule has 0 fully saturated rings. The molecule has 2 atom stereocenters. The van der Waals surface area contributed by atoms with E-state index in [0.717, 1.165) is 44.9 Å². The van der Waals surface area contributed by atoms with Gasteiger partial charge in [0.15, 0.2) is 6.29 Å². The van der Waals surface area contributed by atoms with Gasteiger partial charge < -0.3 is 24.1 Å². The maximum atomic E-state index is 12.0. The topological polar surface area (TPSA) is 108 Å². The van der Waals surface area contributed by atoms with Crippen LogP contribution in [-0.2, 0) is 33.3 Å². The van der Waals surface area contributed by atoms with Crippen molar-refractivity contribution in [3.8, 4) is 0 Å². The first-order chi connectivity index (χ1) is 14.3. The molecule has 0 aromatic rings. The molecule has 0 amide bonds. The largest absolute Gasteiger partial charge is 0.466 e. The van der Waals surface area contributed by atoms with Crippen LogP contribution < -0.4 is 0 Å². The average Bonchev–Trinajstić information content (AvgIpc) is 2.69. The summed E-state index contributed by atoms with van der Waals surface area (Å²) in [5.41, 5.74) is 0.127. The van der Waals surface area contributed by atoms with Gasteiger partial charge in [-0.3, -0.25) is 9.59 Å². The van der Waals surface area contributed by atoms with E-state index in [1.54, 1.807) is 0 Å². The third kappa shape index (κ3) is 15.9. The Kier molecular flexibility index (Phi) is 16.7. The van der Waals surface area contributed by atoms with E-state index in [1.165, 1.54) is 6.92 Å². The first-order valence-electron chi connectivity index (χ1n) is 10.8. The van der Waals surface area contributed by atoms with Crippen molar-refractivity contribution in [2.45, 2.75) is 97.6 Å². The zero-order chi connectivity index (χ0) is 22.8. The summed E-state index contributed by atoms with van der Waals surface area (Å²) in [6.45, 7) is 9.74. The van der Waals surface area contributed by atoms with E-state index in [0.29, 0.717) is 13.2 Å². The molecule has 174 valence electrons. The fourth-order valence-corrected chi connectivity index (χ4v) is 2.34. The number of hydrogen-bond acceptors (Lipinski definition) is 8. The minimum absolute atomic E-state index is 0.127. The lowest BCUT2D eigenvalue weighted by atomic mass is 10.2. The second-order valence-corrected chi connectivity index (χ2v) is 7.15. The minimum atomic E-state index is -1.34. The lowest BCUT2D eigenvalue weighted by molar-refractivity contribution is -0.204. The number of hydrogen-bond donors (Lipinski definition) is 1. The van der Waals surface area contributed by atoms with Crippen molar-refractivity contribution >= 4 is 17.9 Å². The Bertz CT molecular complexity index is 517. The Morgan fingerprint density at radius 2 is 1.47 bits per heavy atom. The summed E-state index contributed by atoms with van der Waals surface area (Å²) < 4.78 is 20.5. The predicted octanol–water partition coefficient (Wildman–Crippen LogP) is 3.79. The first-order valence-corrected chi connectivity index (χ1v) is 10.8. The van der Waals surface area contributed by atoms with Crippen LogP contribution in [0, 0.1) is 0 Å². The predicted molar refractivity (Wildman–Crippen MR) is 111 cm³/mol. The molecule has 0 aliphatic heterocycles. The van der Waals surface area contributed by atoms with Gasteiger partial charge in [-0.05, 0) is 19.8 Å². The van der Waals surface area contributed by atoms with Crippen LogP contribution in [-0.4, -0.2) is 48.8 Å². The third-order valence-electron chi connectivity index (χ3n) is 4.10. The Morgan fingerprint density at radius 3 is 2.10 bits per heavy atom. The van der Waals surface area contributed by atoms with Crippen molar-refractivity contribution in [2.24, 2.45) is 0 Å². The summed E-state index contributed by atoms with van der Waals surface area (Å²) >= 11 is 0. The molecule has 0 aromatic heterocycles. The van der Waals surface area contributed by atoms with Gasteiger partial charge in [-0.2, -0.15) is 0 Å². The number of carbonyl (C=O) groups is 3.